The molecular weight excluding hydrogens is 577 g/mol. The molecule has 2 aromatic carbocycles. The summed E-state index contributed by atoms with van der Waals surface area (Å²) in [5.74, 6) is -2.59. The zero-order valence-electron chi connectivity index (χ0n) is 25.8. The van der Waals surface area contributed by atoms with Crippen LogP contribution in [0.25, 0.3) is 11.1 Å². The Morgan fingerprint density at radius 2 is 1.45 bits per heavy atom. The van der Waals surface area contributed by atoms with Crippen LogP contribution < -0.4 is 4.74 Å². The van der Waals surface area contributed by atoms with Crippen molar-refractivity contribution in [3.05, 3.63) is 53.6 Å². The molecule has 44 heavy (non-hydrogen) atoms. The maximum absolute atomic E-state index is 13.5. The lowest BCUT2D eigenvalue weighted by Gasteiger charge is -2.21. The van der Waals surface area contributed by atoms with E-state index in [1.165, 1.54) is 68.1 Å². The monoisotopic (exact) mass is 622 g/mol. The van der Waals surface area contributed by atoms with Crippen molar-refractivity contribution in [1.82, 2.24) is 0 Å². The van der Waals surface area contributed by atoms with Crippen LogP contribution in [0.15, 0.2) is 42.5 Å². The Morgan fingerprint density at radius 1 is 0.818 bits per heavy atom. The molecule has 0 aliphatic heterocycles. The van der Waals surface area contributed by atoms with Gasteiger partial charge in [-0.15, -0.1) is 0 Å². The van der Waals surface area contributed by atoms with E-state index < -0.39 is 30.2 Å². The molecule has 0 saturated carbocycles. The lowest BCUT2D eigenvalue weighted by molar-refractivity contribution is -0.206. The highest BCUT2D eigenvalue weighted by Gasteiger charge is 2.42. The normalized spacial score (nSPS) is 12.1. The maximum atomic E-state index is 13.5. The quantitative estimate of drug-likeness (QED) is 0.0842. The van der Waals surface area contributed by atoms with Gasteiger partial charge in [0, 0.05) is 19.6 Å². The van der Waals surface area contributed by atoms with Crippen molar-refractivity contribution in [3.8, 4) is 16.9 Å². The number of unbranched alkanes of at least 4 members (excludes halogenated alkanes) is 9. The molecule has 0 fully saturated rings. The largest absolute Gasteiger partial charge is 0.478 e. The molecule has 7 nitrogen and oxygen atoms in total. The standard InChI is InChI=1S/C34H45F3O7/c1-3-5-6-7-8-9-10-13-16-31(38)43-27-21-22-28(32(39)40)29(24-27)25-17-19-26(20-18-25)33(41)44-30(34(35,36)37)15-12-11-14-23-42-4-2/h17-22,24,30H,3-16,23H2,1-2H3,(H,39,40)/t30-/m1/s1. The van der Waals surface area contributed by atoms with Crippen LogP contribution in [0.5, 0.6) is 5.75 Å². The summed E-state index contributed by atoms with van der Waals surface area (Å²) in [6.45, 7) is 5.02. The molecule has 0 bridgehead atoms. The molecule has 0 unspecified atom stereocenters. The van der Waals surface area contributed by atoms with Crippen molar-refractivity contribution in [2.75, 3.05) is 13.2 Å². The molecule has 1 atom stereocenters. The van der Waals surface area contributed by atoms with Gasteiger partial charge in [0.2, 0.25) is 0 Å². The van der Waals surface area contributed by atoms with Crippen molar-refractivity contribution < 1.29 is 46.9 Å². The Kier molecular flexibility index (Phi) is 16.5. The molecular formula is C34H45F3O7. The Balaban J connectivity index is 2.01. The van der Waals surface area contributed by atoms with Crippen molar-refractivity contribution in [1.29, 1.82) is 0 Å². The fourth-order valence-corrected chi connectivity index (χ4v) is 4.73. The summed E-state index contributed by atoms with van der Waals surface area (Å²) in [7, 11) is 0. The zero-order chi connectivity index (χ0) is 32.4. The van der Waals surface area contributed by atoms with Gasteiger partial charge in [0.1, 0.15) is 5.75 Å². The van der Waals surface area contributed by atoms with Crippen LogP contribution >= 0.6 is 0 Å². The Bertz CT molecular complexity index is 1160. The van der Waals surface area contributed by atoms with Gasteiger partial charge in [-0.25, -0.2) is 9.59 Å². The number of alkyl halides is 3. The predicted molar refractivity (Wildman–Crippen MR) is 162 cm³/mol. The third-order valence-corrected chi connectivity index (χ3v) is 7.19. The Morgan fingerprint density at radius 3 is 2.07 bits per heavy atom. The van der Waals surface area contributed by atoms with Crippen molar-refractivity contribution >= 4 is 17.9 Å². The molecule has 244 valence electrons. The fourth-order valence-electron chi connectivity index (χ4n) is 4.73. The second-order valence-corrected chi connectivity index (χ2v) is 10.8. The van der Waals surface area contributed by atoms with Gasteiger partial charge in [-0.05, 0) is 74.1 Å². The van der Waals surface area contributed by atoms with Gasteiger partial charge in [-0.3, -0.25) is 4.79 Å². The van der Waals surface area contributed by atoms with E-state index in [4.69, 9.17) is 14.2 Å². The lowest BCUT2D eigenvalue weighted by Crippen LogP contribution is -2.33. The van der Waals surface area contributed by atoms with E-state index in [0.29, 0.717) is 38.0 Å². The lowest BCUT2D eigenvalue weighted by atomic mass is 9.98. The minimum absolute atomic E-state index is 0.0651. The second-order valence-electron chi connectivity index (χ2n) is 10.8. The van der Waals surface area contributed by atoms with Gasteiger partial charge in [0.15, 0.2) is 6.10 Å². The molecule has 2 rings (SSSR count). The maximum Gasteiger partial charge on any atom is 0.425 e. The highest BCUT2D eigenvalue weighted by Crippen LogP contribution is 2.31. The number of aromatic carboxylic acids is 1. The van der Waals surface area contributed by atoms with Crippen molar-refractivity contribution in [3.63, 3.8) is 0 Å². The molecule has 1 N–H and O–H groups in total. The molecule has 0 heterocycles. The number of carbonyl (C=O) groups is 3. The summed E-state index contributed by atoms with van der Waals surface area (Å²) in [5.41, 5.74) is 0.436. The number of halogens is 3. The van der Waals surface area contributed by atoms with Gasteiger partial charge in [-0.1, -0.05) is 70.4 Å². The molecule has 0 spiro atoms. The first kappa shape index (κ1) is 36.8. The van der Waals surface area contributed by atoms with Crippen molar-refractivity contribution in [2.24, 2.45) is 0 Å². The number of carbonyl (C=O) groups excluding carboxylic acids is 2. The number of carboxylic acids is 1. The zero-order valence-corrected chi connectivity index (χ0v) is 25.8. The highest BCUT2D eigenvalue weighted by molar-refractivity contribution is 5.97. The minimum Gasteiger partial charge on any atom is -0.478 e. The van der Waals surface area contributed by atoms with E-state index >= 15 is 0 Å². The van der Waals surface area contributed by atoms with Crippen LogP contribution in [0.3, 0.4) is 0 Å². The van der Waals surface area contributed by atoms with Crippen LogP contribution in [-0.4, -0.2) is 48.5 Å². The molecule has 2 aromatic rings. The summed E-state index contributed by atoms with van der Waals surface area (Å²) in [5, 5.41) is 9.69. The van der Waals surface area contributed by atoms with Crippen LogP contribution in [0.1, 0.15) is 118 Å². The minimum atomic E-state index is -4.71. The topological polar surface area (TPSA) is 99.1 Å². The average Bonchev–Trinajstić information content (AvgIpc) is 2.99. The number of rotatable bonds is 21. The third-order valence-electron chi connectivity index (χ3n) is 7.19. The Hall–Kier alpha value is -3.40. The van der Waals surface area contributed by atoms with E-state index in [-0.39, 0.29) is 41.7 Å². The van der Waals surface area contributed by atoms with Gasteiger partial charge in [-0.2, -0.15) is 13.2 Å². The van der Waals surface area contributed by atoms with Gasteiger partial charge in [0.25, 0.3) is 0 Å². The number of esters is 2. The van der Waals surface area contributed by atoms with E-state index in [2.05, 4.69) is 6.92 Å². The van der Waals surface area contributed by atoms with E-state index in [1.807, 2.05) is 6.92 Å². The van der Waals surface area contributed by atoms with Crippen LogP contribution in [0, 0.1) is 0 Å². The molecule has 0 radical (unpaired) electrons. The van der Waals surface area contributed by atoms with Crippen LogP contribution in [0.2, 0.25) is 0 Å². The first-order valence-electron chi connectivity index (χ1n) is 15.6. The molecule has 10 heteroatoms. The molecule has 0 saturated heterocycles. The average molecular weight is 623 g/mol. The molecule has 0 amide bonds. The summed E-state index contributed by atoms with van der Waals surface area (Å²) in [6.07, 6.45) is 2.99. The van der Waals surface area contributed by atoms with Gasteiger partial charge < -0.3 is 19.3 Å². The number of ether oxygens (including phenoxy) is 3. The van der Waals surface area contributed by atoms with E-state index in [0.717, 1.165) is 19.3 Å². The highest BCUT2D eigenvalue weighted by atomic mass is 19.4. The first-order chi connectivity index (χ1) is 21.1. The van der Waals surface area contributed by atoms with E-state index in [9.17, 15) is 32.7 Å². The predicted octanol–water partition coefficient (Wildman–Crippen LogP) is 9.17. The summed E-state index contributed by atoms with van der Waals surface area (Å²) < 4.78 is 56.0. The van der Waals surface area contributed by atoms with Gasteiger partial charge in [0.05, 0.1) is 11.1 Å². The first-order valence-corrected chi connectivity index (χ1v) is 15.6. The van der Waals surface area contributed by atoms with Gasteiger partial charge >= 0.3 is 24.1 Å². The molecule has 0 aromatic heterocycles. The third kappa shape index (κ3) is 13.5. The van der Waals surface area contributed by atoms with E-state index in [1.54, 1.807) is 0 Å². The number of carboxylic acid groups (broad SMARTS) is 1. The van der Waals surface area contributed by atoms with Crippen molar-refractivity contribution in [2.45, 2.75) is 110 Å². The molecule has 0 aliphatic rings. The number of hydrogen-bond acceptors (Lipinski definition) is 6. The molecule has 0 aliphatic carbocycles. The smallest absolute Gasteiger partial charge is 0.425 e. The summed E-state index contributed by atoms with van der Waals surface area (Å²) in [6, 6.07) is 9.54. The SMILES string of the molecule is CCCCCCCCCCC(=O)Oc1ccc(C(=O)O)c(-c2ccc(C(=O)O[C@H](CCCCCOCC)C(F)(F)F)cc2)c1. The van der Waals surface area contributed by atoms with Crippen LogP contribution in [0.4, 0.5) is 13.2 Å². The second kappa shape index (κ2) is 19.8. The fraction of sp³-hybridized carbons (Fsp3) is 0.559. The van der Waals surface area contributed by atoms with Crippen LogP contribution in [-0.2, 0) is 14.3 Å². The summed E-state index contributed by atoms with van der Waals surface area (Å²) in [4.78, 5) is 36.8. The Labute approximate surface area is 258 Å². The summed E-state index contributed by atoms with van der Waals surface area (Å²) >= 11 is 0. The number of benzene rings is 2. The number of hydrogen-bond donors (Lipinski definition) is 1.